The van der Waals surface area contributed by atoms with Gasteiger partial charge >= 0.3 is 0 Å². The van der Waals surface area contributed by atoms with Gasteiger partial charge in [0.2, 0.25) is 0 Å². The van der Waals surface area contributed by atoms with Crippen LogP contribution in [0.15, 0.2) is 237 Å². The van der Waals surface area contributed by atoms with Crippen LogP contribution in [0, 0.1) is 0 Å². The summed E-state index contributed by atoms with van der Waals surface area (Å²) in [7, 11) is 0. The highest BCUT2D eigenvalue weighted by Gasteiger charge is 2.23. The number of para-hydroxylation sites is 4. The van der Waals surface area contributed by atoms with Crippen LogP contribution >= 0.6 is 0 Å². The van der Waals surface area contributed by atoms with E-state index in [0.717, 1.165) is 42.0 Å². The van der Waals surface area contributed by atoms with Gasteiger partial charge < -0.3 is 18.9 Å². The lowest BCUT2D eigenvalue weighted by Gasteiger charge is -2.33. The number of allylic oxidation sites excluding steroid dienone is 6. The van der Waals surface area contributed by atoms with E-state index in [1.807, 2.05) is 0 Å². The molecule has 2 aliphatic rings. The van der Waals surface area contributed by atoms with Gasteiger partial charge in [0, 0.05) is 61.4 Å². The second-order valence-corrected chi connectivity index (χ2v) is 16.8. The summed E-state index contributed by atoms with van der Waals surface area (Å²) in [6.45, 7) is 0. The number of rotatable bonds is 9. The van der Waals surface area contributed by atoms with E-state index in [1.54, 1.807) is 0 Å². The lowest BCUT2D eigenvalue weighted by atomic mass is 10.0. The molecule has 4 nitrogen and oxygen atoms in total. The van der Waals surface area contributed by atoms with Gasteiger partial charge in [0.25, 0.3) is 0 Å². The zero-order valence-corrected chi connectivity index (χ0v) is 35.5. The van der Waals surface area contributed by atoms with E-state index in [9.17, 15) is 0 Å². The number of hydrogen-bond acceptors (Lipinski definition) is 2. The van der Waals surface area contributed by atoms with Crippen LogP contribution in [-0.4, -0.2) is 15.2 Å². The lowest BCUT2D eigenvalue weighted by Crippen LogP contribution is -2.29. The highest BCUT2D eigenvalue weighted by Crippen LogP contribution is 2.42. The van der Waals surface area contributed by atoms with Gasteiger partial charge in [-0.2, -0.15) is 0 Å². The molecule has 10 aromatic rings. The highest BCUT2D eigenvalue weighted by atomic mass is 15.2. The quantitative estimate of drug-likeness (QED) is 0.144. The predicted octanol–water partition coefficient (Wildman–Crippen LogP) is 16.2. The third kappa shape index (κ3) is 6.54. The van der Waals surface area contributed by atoms with Crippen molar-refractivity contribution in [3.8, 4) is 16.8 Å². The molecular formula is C60H46N4. The van der Waals surface area contributed by atoms with Crippen molar-refractivity contribution >= 4 is 77.7 Å². The van der Waals surface area contributed by atoms with E-state index in [2.05, 4.69) is 256 Å². The normalized spacial score (nSPS) is 14.8. The SMILES string of the molecule is C1=CCCC(n2c3ccccc3c3cc(N(c4ccc(-c5ccc(N(c6ccccc6)c6ccc7c(c6)c6ccccc6n7-c6ccccc6)cc5)cc4)C4C=CC=CC4)ccc32)=C1. The van der Waals surface area contributed by atoms with Crippen molar-refractivity contribution in [3.05, 3.63) is 237 Å². The Balaban J connectivity index is 0.893. The van der Waals surface area contributed by atoms with E-state index in [0.29, 0.717) is 0 Å². The number of fused-ring (bicyclic) bond motifs is 6. The molecule has 8 aromatic carbocycles. The summed E-state index contributed by atoms with van der Waals surface area (Å²) in [6.07, 6.45) is 18.7. The van der Waals surface area contributed by atoms with Crippen LogP contribution < -0.4 is 9.80 Å². The average molecular weight is 823 g/mol. The third-order valence-corrected chi connectivity index (χ3v) is 13.1. The summed E-state index contributed by atoms with van der Waals surface area (Å²) in [4.78, 5) is 4.87. The Morgan fingerprint density at radius 1 is 0.406 bits per heavy atom. The van der Waals surface area contributed by atoms with E-state index >= 15 is 0 Å². The van der Waals surface area contributed by atoms with Crippen molar-refractivity contribution in [2.24, 2.45) is 0 Å². The molecule has 0 spiro atoms. The largest absolute Gasteiger partial charge is 0.334 e. The summed E-state index contributed by atoms with van der Waals surface area (Å²) in [5.74, 6) is 0. The minimum Gasteiger partial charge on any atom is -0.334 e. The number of aromatic nitrogens is 2. The van der Waals surface area contributed by atoms with Gasteiger partial charge in [-0.05, 0) is 134 Å². The molecule has 0 aliphatic heterocycles. The van der Waals surface area contributed by atoms with E-state index in [4.69, 9.17) is 0 Å². The summed E-state index contributed by atoms with van der Waals surface area (Å²) in [5, 5.41) is 5.03. The second kappa shape index (κ2) is 16.0. The molecule has 0 radical (unpaired) electrons. The zero-order chi connectivity index (χ0) is 42.4. The van der Waals surface area contributed by atoms with Crippen LogP contribution in [0.3, 0.4) is 0 Å². The molecule has 2 aromatic heterocycles. The molecule has 2 heterocycles. The Morgan fingerprint density at radius 3 is 1.61 bits per heavy atom. The fourth-order valence-electron chi connectivity index (χ4n) is 10.1. The smallest absolute Gasteiger partial charge is 0.0559 e. The third-order valence-electron chi connectivity index (χ3n) is 13.1. The van der Waals surface area contributed by atoms with Crippen molar-refractivity contribution < 1.29 is 0 Å². The molecule has 4 heteroatoms. The Labute approximate surface area is 373 Å². The lowest BCUT2D eigenvalue weighted by molar-refractivity contribution is 0.785. The van der Waals surface area contributed by atoms with E-state index in [1.165, 1.54) is 71.8 Å². The maximum absolute atomic E-state index is 2.51. The first-order chi connectivity index (χ1) is 31.8. The van der Waals surface area contributed by atoms with E-state index in [-0.39, 0.29) is 6.04 Å². The Kier molecular flexibility index (Phi) is 9.41. The van der Waals surface area contributed by atoms with Crippen molar-refractivity contribution in [1.29, 1.82) is 0 Å². The van der Waals surface area contributed by atoms with Crippen molar-refractivity contribution in [2.75, 3.05) is 9.80 Å². The number of benzene rings is 8. The Morgan fingerprint density at radius 2 is 0.953 bits per heavy atom. The topological polar surface area (TPSA) is 16.3 Å². The highest BCUT2D eigenvalue weighted by molar-refractivity contribution is 6.12. The minimum atomic E-state index is 0.199. The van der Waals surface area contributed by atoms with Gasteiger partial charge in [-0.15, -0.1) is 0 Å². The van der Waals surface area contributed by atoms with Crippen LogP contribution in [0.5, 0.6) is 0 Å². The average Bonchev–Trinajstić information content (AvgIpc) is 3.88. The van der Waals surface area contributed by atoms with Crippen LogP contribution in [-0.2, 0) is 0 Å². The van der Waals surface area contributed by atoms with E-state index < -0.39 is 0 Å². The standard InChI is InChI=1S/C60H46N4/c1-5-17-45(18-6-1)61(51-37-39-59-55(41-51)53-25-13-15-27-57(53)63(59)47-21-9-3-10-22-47)49-33-29-43(30-34-49)44-31-35-50(36-32-44)62(46-19-7-2-8-20-46)52-38-40-60-56(42-52)54-26-14-16-28-58(54)64(60)48-23-11-4-12-24-48/h1-11,13-19,21-23,25-42,46H,12,20,24H2. The first-order valence-corrected chi connectivity index (χ1v) is 22.4. The molecule has 1 atom stereocenters. The molecule has 0 N–H and O–H groups in total. The predicted molar refractivity (Wildman–Crippen MR) is 272 cm³/mol. The molecule has 1 unspecified atom stereocenters. The van der Waals surface area contributed by atoms with Crippen LogP contribution in [0.25, 0.3) is 66.1 Å². The number of hydrogen-bond donors (Lipinski definition) is 0. The summed E-state index contributed by atoms with van der Waals surface area (Å²) in [5.41, 5.74) is 15.5. The Hall–Kier alpha value is -8.08. The fraction of sp³-hybridized carbons (Fsp3) is 0.0667. The fourth-order valence-corrected chi connectivity index (χ4v) is 10.1. The molecule has 0 bridgehead atoms. The monoisotopic (exact) mass is 822 g/mol. The molecule has 0 fully saturated rings. The second-order valence-electron chi connectivity index (χ2n) is 16.8. The molecule has 0 saturated carbocycles. The maximum Gasteiger partial charge on any atom is 0.0559 e. The Bertz CT molecular complexity index is 3460. The molecule has 0 amide bonds. The molecule has 0 saturated heterocycles. The zero-order valence-electron chi connectivity index (χ0n) is 35.5. The van der Waals surface area contributed by atoms with Crippen LogP contribution in [0.2, 0.25) is 0 Å². The van der Waals surface area contributed by atoms with Gasteiger partial charge in [-0.1, -0.05) is 134 Å². The minimum absolute atomic E-state index is 0.199. The van der Waals surface area contributed by atoms with Crippen LogP contribution in [0.4, 0.5) is 28.4 Å². The first-order valence-electron chi connectivity index (χ1n) is 22.4. The van der Waals surface area contributed by atoms with Gasteiger partial charge in [0.05, 0.1) is 28.1 Å². The van der Waals surface area contributed by atoms with Gasteiger partial charge in [-0.3, -0.25) is 0 Å². The van der Waals surface area contributed by atoms with Crippen molar-refractivity contribution in [3.63, 3.8) is 0 Å². The van der Waals surface area contributed by atoms with Crippen molar-refractivity contribution in [1.82, 2.24) is 9.13 Å². The number of nitrogens with zero attached hydrogens (tertiary/aromatic N) is 4. The maximum atomic E-state index is 2.51. The van der Waals surface area contributed by atoms with Gasteiger partial charge in [0.15, 0.2) is 0 Å². The molecular weight excluding hydrogens is 777 g/mol. The van der Waals surface area contributed by atoms with Crippen molar-refractivity contribution in [2.45, 2.75) is 25.3 Å². The van der Waals surface area contributed by atoms with Crippen LogP contribution in [0.1, 0.15) is 19.3 Å². The molecule has 12 rings (SSSR count). The van der Waals surface area contributed by atoms with Gasteiger partial charge in [0.1, 0.15) is 0 Å². The van der Waals surface area contributed by atoms with Gasteiger partial charge in [-0.25, -0.2) is 0 Å². The molecule has 2 aliphatic carbocycles. The first kappa shape index (κ1) is 37.7. The molecule has 306 valence electrons. The summed E-state index contributed by atoms with van der Waals surface area (Å²) < 4.78 is 4.84. The molecule has 64 heavy (non-hydrogen) atoms. The summed E-state index contributed by atoms with van der Waals surface area (Å²) in [6, 6.07) is 71.2. The summed E-state index contributed by atoms with van der Waals surface area (Å²) >= 11 is 0. The number of anilines is 5.